The van der Waals surface area contributed by atoms with Crippen LogP contribution >= 0.6 is 24.8 Å². The van der Waals surface area contributed by atoms with Crippen molar-refractivity contribution in [2.45, 2.75) is 57.8 Å². The monoisotopic (exact) mass is 403 g/mol. The van der Waals surface area contributed by atoms with Crippen LogP contribution in [-0.4, -0.2) is 37.2 Å². The second-order valence-electron chi connectivity index (χ2n) is 7.29. The highest BCUT2D eigenvalue weighted by Crippen LogP contribution is 2.30. The van der Waals surface area contributed by atoms with Crippen LogP contribution < -0.4 is 16.0 Å². The summed E-state index contributed by atoms with van der Waals surface area (Å²) >= 11 is 0. The van der Waals surface area contributed by atoms with Crippen molar-refractivity contribution in [3.63, 3.8) is 0 Å². The van der Waals surface area contributed by atoms with E-state index in [4.69, 9.17) is 10.5 Å². The molecule has 4 unspecified atom stereocenters. The second-order valence-corrected chi connectivity index (χ2v) is 7.29. The van der Waals surface area contributed by atoms with Crippen molar-refractivity contribution in [3.8, 4) is 0 Å². The van der Waals surface area contributed by atoms with Crippen LogP contribution in [0, 0.1) is 5.92 Å². The Hall–Kier alpha value is -1.01. The number of nitrogens with two attached hydrogens (primary N) is 1. The zero-order chi connectivity index (χ0) is 17.1. The molecule has 1 aliphatic heterocycles. The molecule has 1 aromatic carbocycles. The zero-order valence-electron chi connectivity index (χ0n) is 15.5. The molecule has 5 nitrogen and oxygen atoms in total. The molecule has 4 atom stereocenters. The highest BCUT2D eigenvalue weighted by atomic mass is 35.5. The minimum atomic E-state index is 0. The largest absolute Gasteiger partial charge is 0.372 e. The third-order valence-electron chi connectivity index (χ3n) is 5.01. The molecule has 1 aromatic rings. The smallest absolute Gasteiger partial charge is 0.227 e. The Kier molecular flexibility index (Phi) is 9.17. The van der Waals surface area contributed by atoms with Crippen LogP contribution in [0.25, 0.3) is 0 Å². The van der Waals surface area contributed by atoms with Crippen LogP contribution in [0.1, 0.15) is 39.5 Å². The first-order valence-electron chi connectivity index (χ1n) is 9.09. The van der Waals surface area contributed by atoms with Crippen molar-refractivity contribution in [3.05, 3.63) is 24.3 Å². The van der Waals surface area contributed by atoms with Crippen LogP contribution in [0.3, 0.4) is 0 Å². The van der Waals surface area contributed by atoms with Crippen LogP contribution in [0.15, 0.2) is 24.3 Å². The van der Waals surface area contributed by atoms with Crippen LogP contribution in [-0.2, 0) is 9.53 Å². The summed E-state index contributed by atoms with van der Waals surface area (Å²) in [6.45, 7) is 5.86. The number of hydrogen-bond acceptors (Lipinski definition) is 4. The van der Waals surface area contributed by atoms with Gasteiger partial charge in [0.05, 0.1) is 23.6 Å². The van der Waals surface area contributed by atoms with Gasteiger partial charge in [-0.3, -0.25) is 4.79 Å². The Morgan fingerprint density at radius 3 is 2.46 bits per heavy atom. The summed E-state index contributed by atoms with van der Waals surface area (Å²) in [6, 6.07) is 8.21. The summed E-state index contributed by atoms with van der Waals surface area (Å²) in [7, 11) is 0. The van der Waals surface area contributed by atoms with Crippen molar-refractivity contribution in [2.75, 3.05) is 23.3 Å². The standard InChI is InChI=1S/C19H29N3O2.2ClH/c1-13-11-22(12-14(2)24-13)18-9-4-3-8-17(18)21-19(23)15-6-5-7-16(20)10-15;;/h3-4,8-9,13-16H,5-7,10-12,20H2,1-2H3,(H,21,23);2*1H. The number of amides is 1. The number of benzene rings is 1. The molecule has 0 spiro atoms. The van der Waals surface area contributed by atoms with E-state index in [0.29, 0.717) is 0 Å². The van der Waals surface area contributed by atoms with E-state index < -0.39 is 0 Å². The van der Waals surface area contributed by atoms with E-state index in [9.17, 15) is 4.79 Å². The summed E-state index contributed by atoms with van der Waals surface area (Å²) < 4.78 is 5.82. The summed E-state index contributed by atoms with van der Waals surface area (Å²) in [5, 5.41) is 3.15. The van der Waals surface area contributed by atoms with E-state index in [1.54, 1.807) is 0 Å². The predicted molar refractivity (Wildman–Crippen MR) is 112 cm³/mol. The van der Waals surface area contributed by atoms with Crippen LogP contribution in [0.4, 0.5) is 11.4 Å². The molecular formula is C19H31Cl2N3O2. The van der Waals surface area contributed by atoms with Gasteiger partial charge >= 0.3 is 0 Å². The van der Waals surface area contributed by atoms with Gasteiger partial charge in [0.25, 0.3) is 0 Å². The van der Waals surface area contributed by atoms with Crippen molar-refractivity contribution in [1.29, 1.82) is 0 Å². The molecule has 0 aromatic heterocycles. The molecule has 3 rings (SSSR count). The van der Waals surface area contributed by atoms with Crippen molar-refractivity contribution in [2.24, 2.45) is 11.7 Å². The van der Waals surface area contributed by atoms with Crippen molar-refractivity contribution < 1.29 is 9.53 Å². The van der Waals surface area contributed by atoms with Gasteiger partial charge in [0, 0.05) is 25.0 Å². The van der Waals surface area contributed by atoms with Gasteiger partial charge in [0.15, 0.2) is 0 Å². The number of carbonyl (C=O) groups is 1. The van der Waals surface area contributed by atoms with Gasteiger partial charge in [-0.05, 0) is 45.2 Å². The third-order valence-corrected chi connectivity index (χ3v) is 5.01. The van der Waals surface area contributed by atoms with Gasteiger partial charge in [0.2, 0.25) is 5.91 Å². The number of hydrogen-bond donors (Lipinski definition) is 2. The lowest BCUT2D eigenvalue weighted by atomic mass is 9.85. The van der Waals surface area contributed by atoms with Gasteiger partial charge in [0.1, 0.15) is 0 Å². The Morgan fingerprint density at radius 1 is 1.15 bits per heavy atom. The molecule has 1 saturated heterocycles. The van der Waals surface area contributed by atoms with Gasteiger partial charge in [-0.2, -0.15) is 0 Å². The fraction of sp³-hybridized carbons (Fsp3) is 0.632. The zero-order valence-corrected chi connectivity index (χ0v) is 17.2. The molecule has 2 aliphatic rings. The molecule has 1 aliphatic carbocycles. The molecular weight excluding hydrogens is 373 g/mol. The Morgan fingerprint density at radius 2 is 1.81 bits per heavy atom. The molecule has 7 heteroatoms. The average molecular weight is 404 g/mol. The fourth-order valence-corrected chi connectivity index (χ4v) is 3.93. The molecule has 26 heavy (non-hydrogen) atoms. The Balaban J connectivity index is 0.00000169. The van der Waals surface area contributed by atoms with Gasteiger partial charge in [-0.1, -0.05) is 18.6 Å². The van der Waals surface area contributed by atoms with Gasteiger partial charge in [-0.15, -0.1) is 24.8 Å². The van der Waals surface area contributed by atoms with Gasteiger partial charge in [-0.25, -0.2) is 0 Å². The summed E-state index contributed by atoms with van der Waals surface area (Å²) in [5.41, 5.74) is 8.00. The third kappa shape index (κ3) is 5.74. The van der Waals surface area contributed by atoms with E-state index in [1.165, 1.54) is 0 Å². The topological polar surface area (TPSA) is 67.6 Å². The quantitative estimate of drug-likeness (QED) is 0.808. The number of nitrogens with one attached hydrogen (secondary N) is 1. The normalized spacial score (nSPS) is 28.5. The molecule has 1 heterocycles. The lowest BCUT2D eigenvalue weighted by molar-refractivity contribution is -0.120. The number of anilines is 2. The maximum absolute atomic E-state index is 12.7. The maximum atomic E-state index is 12.7. The first-order chi connectivity index (χ1) is 11.5. The molecule has 2 fully saturated rings. The summed E-state index contributed by atoms with van der Waals surface area (Å²) in [5.74, 6) is 0.135. The number of morpholine rings is 1. The molecule has 0 bridgehead atoms. The number of rotatable bonds is 3. The first kappa shape index (κ1) is 23.0. The van der Waals surface area contributed by atoms with E-state index in [-0.39, 0.29) is 54.9 Å². The van der Waals surface area contributed by atoms with Crippen molar-refractivity contribution in [1.82, 2.24) is 0 Å². The molecule has 0 radical (unpaired) electrons. The minimum Gasteiger partial charge on any atom is -0.372 e. The highest BCUT2D eigenvalue weighted by molar-refractivity contribution is 5.96. The Labute approximate surface area is 168 Å². The van der Waals surface area contributed by atoms with E-state index in [0.717, 1.165) is 50.1 Å². The first-order valence-corrected chi connectivity index (χ1v) is 9.09. The van der Waals surface area contributed by atoms with Crippen LogP contribution in [0.5, 0.6) is 0 Å². The van der Waals surface area contributed by atoms with E-state index in [2.05, 4.69) is 30.1 Å². The van der Waals surface area contributed by atoms with Gasteiger partial charge < -0.3 is 20.7 Å². The predicted octanol–water partition coefficient (Wildman–Crippen LogP) is 3.60. The second kappa shape index (κ2) is 10.4. The molecule has 148 valence electrons. The minimum absolute atomic E-state index is 0. The number of nitrogens with zero attached hydrogens (tertiary/aromatic N) is 1. The maximum Gasteiger partial charge on any atom is 0.227 e. The van der Waals surface area contributed by atoms with Crippen LogP contribution in [0.2, 0.25) is 0 Å². The Bertz CT molecular complexity index is 578. The fourth-order valence-electron chi connectivity index (χ4n) is 3.93. The summed E-state index contributed by atoms with van der Waals surface area (Å²) in [4.78, 5) is 15.0. The molecule has 3 N–H and O–H groups in total. The number of halogens is 2. The molecule has 1 amide bonds. The SMILES string of the molecule is CC1CN(c2ccccc2NC(=O)C2CCCC(N)C2)CC(C)O1.Cl.Cl. The lowest BCUT2D eigenvalue weighted by Crippen LogP contribution is -2.45. The number of ether oxygens (including phenoxy) is 1. The highest BCUT2D eigenvalue weighted by Gasteiger charge is 2.27. The number of carbonyl (C=O) groups excluding carboxylic acids is 1. The molecule has 1 saturated carbocycles. The number of para-hydroxylation sites is 2. The summed E-state index contributed by atoms with van der Waals surface area (Å²) in [6.07, 6.45) is 4.18. The van der Waals surface area contributed by atoms with Crippen molar-refractivity contribution >= 4 is 42.1 Å². The average Bonchev–Trinajstić information content (AvgIpc) is 2.54. The van der Waals surface area contributed by atoms with E-state index >= 15 is 0 Å². The van der Waals surface area contributed by atoms with E-state index in [1.807, 2.05) is 18.2 Å². The lowest BCUT2D eigenvalue weighted by Gasteiger charge is -2.37.